The molecule has 2 amide bonds. The molecule has 1 heterocycles. The van der Waals surface area contributed by atoms with E-state index in [1.807, 2.05) is 20.8 Å². The van der Waals surface area contributed by atoms with Crippen LogP contribution in [0.4, 0.5) is 4.79 Å². The molecule has 0 spiro atoms. The maximum absolute atomic E-state index is 12.3. The van der Waals surface area contributed by atoms with Crippen LogP contribution in [-0.4, -0.2) is 53.7 Å². The molecule has 0 aromatic carbocycles. The van der Waals surface area contributed by atoms with E-state index in [9.17, 15) is 14.4 Å². The Bertz CT molecular complexity index is 590. The Balaban J connectivity index is 2.79. The van der Waals surface area contributed by atoms with E-state index in [1.165, 1.54) is 18.3 Å². The summed E-state index contributed by atoms with van der Waals surface area (Å²) in [5.74, 6) is -0.973. The van der Waals surface area contributed by atoms with Gasteiger partial charge in [0, 0.05) is 5.54 Å². The molecule has 0 saturated carbocycles. The van der Waals surface area contributed by atoms with Crippen LogP contribution in [0, 0.1) is 0 Å². The fraction of sp³-hybridized carbons (Fsp3) is 0.600. The summed E-state index contributed by atoms with van der Waals surface area (Å²) >= 11 is 0. The number of hydrogen-bond acceptors (Lipinski definition) is 7. The van der Waals surface area contributed by atoms with Gasteiger partial charge in [0.25, 0.3) is 0 Å². The van der Waals surface area contributed by atoms with E-state index < -0.39 is 23.5 Å². The lowest BCUT2D eigenvalue weighted by Gasteiger charge is -2.34. The second kappa shape index (κ2) is 8.32. The summed E-state index contributed by atoms with van der Waals surface area (Å²) in [7, 11) is 1.24. The quantitative estimate of drug-likeness (QED) is 0.777. The van der Waals surface area contributed by atoms with Crippen molar-refractivity contribution in [3.8, 4) is 0 Å². The number of nitrogens with zero attached hydrogens (tertiary/aromatic N) is 2. The summed E-state index contributed by atoms with van der Waals surface area (Å²) in [4.78, 5) is 40.5. The number of oxazole rings is 1. The minimum absolute atomic E-state index is 0.0216. The number of ether oxygens (including phenoxy) is 2. The number of aromatic nitrogens is 1. The van der Waals surface area contributed by atoms with Gasteiger partial charge in [-0.1, -0.05) is 0 Å². The highest BCUT2D eigenvalue weighted by Crippen LogP contribution is 2.17. The average Bonchev–Trinajstić information content (AvgIpc) is 2.97. The van der Waals surface area contributed by atoms with E-state index in [2.05, 4.69) is 15.0 Å². The standard InChI is InChI=1S/C15H23N3O6/c1-6-23-12(19)7-16-14(21)18(15(2,3)4)8-11-17-10(9-24-11)13(20)22-5/h9H,6-8H2,1-5H3,(H,16,21). The summed E-state index contributed by atoms with van der Waals surface area (Å²) < 4.78 is 14.5. The zero-order valence-corrected chi connectivity index (χ0v) is 14.5. The minimum atomic E-state index is -0.626. The first kappa shape index (κ1) is 19.5. The largest absolute Gasteiger partial charge is 0.465 e. The molecule has 1 N–H and O–H groups in total. The summed E-state index contributed by atoms with van der Waals surface area (Å²) in [6, 6.07) is -0.478. The third-order valence-electron chi connectivity index (χ3n) is 2.98. The Morgan fingerprint density at radius 2 is 2.00 bits per heavy atom. The zero-order valence-electron chi connectivity index (χ0n) is 14.5. The van der Waals surface area contributed by atoms with Gasteiger partial charge in [-0.25, -0.2) is 14.6 Å². The molecule has 0 aliphatic carbocycles. The lowest BCUT2D eigenvalue weighted by Crippen LogP contribution is -2.50. The Hall–Kier alpha value is -2.58. The molecule has 0 aliphatic rings. The number of nitrogens with one attached hydrogen (secondary N) is 1. The van der Waals surface area contributed by atoms with E-state index in [0.29, 0.717) is 0 Å². The molecule has 0 radical (unpaired) electrons. The van der Waals surface area contributed by atoms with Crippen molar-refractivity contribution in [2.75, 3.05) is 20.3 Å². The van der Waals surface area contributed by atoms with Crippen LogP contribution in [0.1, 0.15) is 44.1 Å². The lowest BCUT2D eigenvalue weighted by molar-refractivity contribution is -0.141. The summed E-state index contributed by atoms with van der Waals surface area (Å²) in [5.41, 5.74) is -0.549. The van der Waals surface area contributed by atoms with Crippen LogP contribution in [0.3, 0.4) is 0 Å². The minimum Gasteiger partial charge on any atom is -0.465 e. The zero-order chi connectivity index (χ0) is 18.3. The molecular weight excluding hydrogens is 318 g/mol. The fourth-order valence-electron chi connectivity index (χ4n) is 1.79. The number of carbonyl (C=O) groups excluding carboxylic acids is 3. The lowest BCUT2D eigenvalue weighted by atomic mass is 10.1. The fourth-order valence-corrected chi connectivity index (χ4v) is 1.79. The number of esters is 2. The van der Waals surface area contributed by atoms with Gasteiger partial charge in [-0.05, 0) is 27.7 Å². The maximum atomic E-state index is 12.3. The molecule has 0 bridgehead atoms. The van der Waals surface area contributed by atoms with Gasteiger partial charge in [-0.2, -0.15) is 0 Å². The predicted molar refractivity (Wildman–Crippen MR) is 83.2 cm³/mol. The normalized spacial score (nSPS) is 10.9. The molecule has 134 valence electrons. The monoisotopic (exact) mass is 341 g/mol. The van der Waals surface area contributed by atoms with E-state index in [0.717, 1.165) is 0 Å². The van der Waals surface area contributed by atoms with Gasteiger partial charge in [0.05, 0.1) is 20.3 Å². The van der Waals surface area contributed by atoms with E-state index in [-0.39, 0.29) is 31.3 Å². The number of urea groups is 1. The molecule has 24 heavy (non-hydrogen) atoms. The van der Waals surface area contributed by atoms with Crippen molar-refractivity contribution in [3.63, 3.8) is 0 Å². The Labute approximate surface area is 140 Å². The first-order chi connectivity index (χ1) is 11.2. The summed E-state index contributed by atoms with van der Waals surface area (Å²) in [5, 5.41) is 2.49. The van der Waals surface area contributed by atoms with Crippen molar-refractivity contribution < 1.29 is 28.3 Å². The first-order valence-corrected chi connectivity index (χ1v) is 7.42. The highest BCUT2D eigenvalue weighted by Gasteiger charge is 2.29. The van der Waals surface area contributed by atoms with E-state index >= 15 is 0 Å². The molecule has 1 aromatic rings. The van der Waals surface area contributed by atoms with Gasteiger partial charge in [0.15, 0.2) is 5.69 Å². The van der Waals surface area contributed by atoms with Crippen LogP contribution >= 0.6 is 0 Å². The average molecular weight is 341 g/mol. The molecule has 1 aromatic heterocycles. The second-order valence-corrected chi connectivity index (χ2v) is 5.84. The predicted octanol–water partition coefficient (Wildman–Crippen LogP) is 1.33. The van der Waals surface area contributed by atoms with E-state index in [1.54, 1.807) is 6.92 Å². The number of carbonyl (C=O) groups is 3. The Morgan fingerprint density at radius 1 is 1.33 bits per heavy atom. The van der Waals surface area contributed by atoms with Crippen LogP contribution in [0.2, 0.25) is 0 Å². The van der Waals surface area contributed by atoms with Crippen LogP contribution in [-0.2, 0) is 20.8 Å². The van der Waals surface area contributed by atoms with Crippen LogP contribution < -0.4 is 5.32 Å². The van der Waals surface area contributed by atoms with Gasteiger partial charge in [-0.3, -0.25) is 4.79 Å². The SMILES string of the molecule is CCOC(=O)CNC(=O)N(Cc1nc(C(=O)OC)co1)C(C)(C)C. The van der Waals surface area contributed by atoms with Gasteiger partial charge >= 0.3 is 18.0 Å². The van der Waals surface area contributed by atoms with Gasteiger partial charge in [-0.15, -0.1) is 0 Å². The summed E-state index contributed by atoms with van der Waals surface area (Å²) in [6.07, 6.45) is 1.17. The molecule has 1 rings (SSSR count). The van der Waals surface area contributed by atoms with Crippen molar-refractivity contribution in [3.05, 3.63) is 17.8 Å². The molecule has 0 fully saturated rings. The summed E-state index contributed by atoms with van der Waals surface area (Å²) in [6.45, 7) is 7.17. The number of methoxy groups -OCH3 is 1. The first-order valence-electron chi connectivity index (χ1n) is 7.42. The van der Waals surface area contributed by atoms with Crippen LogP contribution in [0.25, 0.3) is 0 Å². The third kappa shape index (κ3) is 5.56. The van der Waals surface area contributed by atoms with Crippen LogP contribution in [0.15, 0.2) is 10.7 Å². The maximum Gasteiger partial charge on any atom is 0.360 e. The van der Waals surface area contributed by atoms with Crippen LogP contribution in [0.5, 0.6) is 0 Å². The molecule has 0 saturated heterocycles. The van der Waals surface area contributed by atoms with Crippen molar-refractivity contribution >= 4 is 18.0 Å². The van der Waals surface area contributed by atoms with Crippen molar-refractivity contribution in [1.29, 1.82) is 0 Å². The molecule has 9 nitrogen and oxygen atoms in total. The number of hydrogen-bond donors (Lipinski definition) is 1. The van der Waals surface area contributed by atoms with Gasteiger partial charge in [0.2, 0.25) is 5.89 Å². The van der Waals surface area contributed by atoms with Crippen molar-refractivity contribution in [2.45, 2.75) is 39.8 Å². The topological polar surface area (TPSA) is 111 Å². The molecule has 0 aliphatic heterocycles. The number of amides is 2. The molecule has 0 unspecified atom stereocenters. The second-order valence-electron chi connectivity index (χ2n) is 5.84. The highest BCUT2D eigenvalue weighted by atomic mass is 16.5. The van der Waals surface area contributed by atoms with E-state index in [4.69, 9.17) is 9.15 Å². The van der Waals surface area contributed by atoms with Gasteiger partial charge < -0.3 is 24.1 Å². The molecule has 0 atom stereocenters. The number of rotatable bonds is 6. The third-order valence-corrected chi connectivity index (χ3v) is 2.98. The molecular formula is C15H23N3O6. The smallest absolute Gasteiger partial charge is 0.360 e. The highest BCUT2D eigenvalue weighted by molar-refractivity contribution is 5.86. The Morgan fingerprint density at radius 3 is 2.54 bits per heavy atom. The van der Waals surface area contributed by atoms with Crippen molar-refractivity contribution in [1.82, 2.24) is 15.2 Å². The molecule has 9 heteroatoms. The van der Waals surface area contributed by atoms with Gasteiger partial charge in [0.1, 0.15) is 12.8 Å². The Kier molecular flexibility index (Phi) is 6.75. The van der Waals surface area contributed by atoms with Crippen molar-refractivity contribution in [2.24, 2.45) is 0 Å².